The van der Waals surface area contributed by atoms with Crippen LogP contribution >= 0.6 is 0 Å². The molecule has 4 nitrogen and oxygen atoms in total. The lowest BCUT2D eigenvalue weighted by Crippen LogP contribution is -2.25. The van der Waals surface area contributed by atoms with Gasteiger partial charge in [0.1, 0.15) is 5.69 Å². The van der Waals surface area contributed by atoms with Crippen molar-refractivity contribution in [2.45, 2.75) is 58.4 Å². The van der Waals surface area contributed by atoms with Gasteiger partial charge in [-0.15, -0.1) is 0 Å². The zero-order valence-electron chi connectivity index (χ0n) is 14.9. The number of anilines is 1. The summed E-state index contributed by atoms with van der Waals surface area (Å²) in [7, 11) is 0. The van der Waals surface area contributed by atoms with E-state index >= 15 is 0 Å². The smallest absolute Gasteiger partial charge is 0.227 e. The van der Waals surface area contributed by atoms with Gasteiger partial charge in [0, 0.05) is 17.7 Å². The van der Waals surface area contributed by atoms with E-state index < -0.39 is 0 Å². The maximum Gasteiger partial charge on any atom is 0.227 e. The van der Waals surface area contributed by atoms with E-state index in [9.17, 15) is 4.79 Å². The molecule has 0 atom stereocenters. The minimum Gasteiger partial charge on any atom is -0.323 e. The molecule has 0 radical (unpaired) electrons. The van der Waals surface area contributed by atoms with E-state index in [-0.39, 0.29) is 17.4 Å². The zero-order chi connectivity index (χ0) is 17.2. The summed E-state index contributed by atoms with van der Waals surface area (Å²) < 4.78 is 1.94. The molecule has 0 bridgehead atoms. The van der Waals surface area contributed by atoms with Crippen LogP contribution in [0, 0.1) is 5.92 Å². The number of aromatic nitrogens is 2. The molecule has 3 rings (SSSR count). The van der Waals surface area contributed by atoms with Gasteiger partial charge in [-0.05, 0) is 33.6 Å². The van der Waals surface area contributed by atoms with Crippen molar-refractivity contribution < 1.29 is 4.79 Å². The highest BCUT2D eigenvalue weighted by molar-refractivity contribution is 5.96. The largest absolute Gasteiger partial charge is 0.323 e. The van der Waals surface area contributed by atoms with Crippen molar-refractivity contribution in [1.29, 1.82) is 0 Å². The number of carbonyl (C=O) groups is 1. The van der Waals surface area contributed by atoms with Crippen molar-refractivity contribution in [2.75, 3.05) is 5.32 Å². The SMILES string of the molecule is CC(C)(C)n1cc(NC(=O)C2CCCCC2)c(-c2ccccc2)n1. The second-order valence-electron chi connectivity index (χ2n) is 7.70. The maximum absolute atomic E-state index is 12.7. The third kappa shape index (κ3) is 3.69. The molecule has 2 aromatic rings. The molecule has 1 aliphatic rings. The van der Waals surface area contributed by atoms with Crippen molar-refractivity contribution in [3.63, 3.8) is 0 Å². The first kappa shape index (κ1) is 16.7. The van der Waals surface area contributed by atoms with E-state index in [0.717, 1.165) is 42.6 Å². The summed E-state index contributed by atoms with van der Waals surface area (Å²) in [5.74, 6) is 0.278. The van der Waals surface area contributed by atoms with Gasteiger partial charge in [0.15, 0.2) is 0 Å². The van der Waals surface area contributed by atoms with Crippen LogP contribution in [0.25, 0.3) is 11.3 Å². The molecule has 0 saturated heterocycles. The lowest BCUT2D eigenvalue weighted by molar-refractivity contribution is -0.120. The van der Waals surface area contributed by atoms with Crippen molar-refractivity contribution >= 4 is 11.6 Å². The molecule has 1 fully saturated rings. The summed E-state index contributed by atoms with van der Waals surface area (Å²) in [6, 6.07) is 10.1. The predicted molar refractivity (Wildman–Crippen MR) is 97.9 cm³/mol. The monoisotopic (exact) mass is 325 g/mol. The Morgan fingerprint density at radius 3 is 2.42 bits per heavy atom. The molecular formula is C20H27N3O. The van der Waals surface area contributed by atoms with E-state index in [4.69, 9.17) is 5.10 Å². The van der Waals surface area contributed by atoms with E-state index in [0.29, 0.717) is 0 Å². The number of hydrogen-bond acceptors (Lipinski definition) is 2. The van der Waals surface area contributed by atoms with Crippen molar-refractivity contribution in [2.24, 2.45) is 5.92 Å². The number of nitrogens with zero attached hydrogens (tertiary/aromatic N) is 2. The van der Waals surface area contributed by atoms with E-state index in [1.165, 1.54) is 6.42 Å². The lowest BCUT2D eigenvalue weighted by atomic mass is 9.88. The Labute approximate surface area is 144 Å². The molecule has 128 valence electrons. The van der Waals surface area contributed by atoms with Gasteiger partial charge >= 0.3 is 0 Å². The number of carbonyl (C=O) groups excluding carboxylic acids is 1. The number of amides is 1. The summed E-state index contributed by atoms with van der Waals surface area (Å²) >= 11 is 0. The molecule has 1 heterocycles. The Balaban J connectivity index is 1.90. The fourth-order valence-corrected chi connectivity index (χ4v) is 3.22. The summed E-state index contributed by atoms with van der Waals surface area (Å²) in [5, 5.41) is 7.90. The van der Waals surface area contributed by atoms with Crippen LogP contribution in [0.3, 0.4) is 0 Å². The summed E-state index contributed by atoms with van der Waals surface area (Å²) in [6.45, 7) is 6.34. The highest BCUT2D eigenvalue weighted by Crippen LogP contribution is 2.31. The first-order valence-electron chi connectivity index (χ1n) is 8.91. The predicted octanol–water partition coefficient (Wildman–Crippen LogP) is 4.82. The van der Waals surface area contributed by atoms with Crippen LogP contribution in [-0.2, 0) is 10.3 Å². The molecule has 1 N–H and O–H groups in total. The molecule has 0 aliphatic heterocycles. The van der Waals surface area contributed by atoms with Crippen LogP contribution in [0.15, 0.2) is 36.5 Å². The van der Waals surface area contributed by atoms with Gasteiger partial charge in [0.05, 0.1) is 11.2 Å². The van der Waals surface area contributed by atoms with E-state index in [2.05, 4.69) is 26.1 Å². The normalized spacial score (nSPS) is 16.1. The molecule has 24 heavy (non-hydrogen) atoms. The summed E-state index contributed by atoms with van der Waals surface area (Å²) in [4.78, 5) is 12.7. The second-order valence-corrected chi connectivity index (χ2v) is 7.70. The number of nitrogens with one attached hydrogen (secondary N) is 1. The topological polar surface area (TPSA) is 46.9 Å². The van der Waals surface area contributed by atoms with Gasteiger partial charge in [0.25, 0.3) is 0 Å². The van der Waals surface area contributed by atoms with Crippen LogP contribution in [-0.4, -0.2) is 15.7 Å². The minimum atomic E-state index is -0.128. The average molecular weight is 325 g/mol. The molecule has 0 spiro atoms. The summed E-state index contributed by atoms with van der Waals surface area (Å²) in [5.41, 5.74) is 2.55. The molecule has 0 unspecified atom stereocenters. The van der Waals surface area contributed by atoms with Crippen molar-refractivity contribution in [3.05, 3.63) is 36.5 Å². The quantitative estimate of drug-likeness (QED) is 0.879. The standard InChI is InChI=1S/C20H27N3O/c1-20(2,3)23-14-17(18(22-23)15-10-6-4-7-11-15)21-19(24)16-12-8-5-9-13-16/h4,6-7,10-11,14,16H,5,8-9,12-13H2,1-3H3,(H,21,24). The Morgan fingerprint density at radius 1 is 1.12 bits per heavy atom. The van der Waals surface area contributed by atoms with E-state index in [1.54, 1.807) is 0 Å². The van der Waals surface area contributed by atoms with Crippen LogP contribution in [0.5, 0.6) is 0 Å². The Morgan fingerprint density at radius 2 is 1.79 bits per heavy atom. The van der Waals surface area contributed by atoms with Gasteiger partial charge in [-0.2, -0.15) is 5.10 Å². The van der Waals surface area contributed by atoms with Crippen LogP contribution in [0.1, 0.15) is 52.9 Å². The van der Waals surface area contributed by atoms with Gasteiger partial charge in [-0.1, -0.05) is 49.6 Å². The molecular weight excluding hydrogens is 298 g/mol. The molecule has 1 saturated carbocycles. The Hall–Kier alpha value is -2.10. The number of benzene rings is 1. The highest BCUT2D eigenvalue weighted by atomic mass is 16.1. The van der Waals surface area contributed by atoms with Crippen molar-refractivity contribution in [3.8, 4) is 11.3 Å². The second kappa shape index (κ2) is 6.80. The van der Waals surface area contributed by atoms with Crippen LogP contribution < -0.4 is 5.32 Å². The van der Waals surface area contributed by atoms with Gasteiger partial charge in [-0.25, -0.2) is 0 Å². The molecule has 1 aliphatic carbocycles. The third-order valence-electron chi connectivity index (χ3n) is 4.68. The first-order chi connectivity index (χ1) is 11.4. The molecule has 1 aromatic carbocycles. The third-order valence-corrected chi connectivity index (χ3v) is 4.68. The van der Waals surface area contributed by atoms with Gasteiger partial charge < -0.3 is 5.32 Å². The van der Waals surface area contributed by atoms with Crippen LogP contribution in [0.4, 0.5) is 5.69 Å². The number of rotatable bonds is 3. The van der Waals surface area contributed by atoms with Gasteiger partial charge in [-0.3, -0.25) is 9.48 Å². The Kier molecular flexibility index (Phi) is 4.74. The lowest BCUT2D eigenvalue weighted by Gasteiger charge is -2.20. The van der Waals surface area contributed by atoms with E-state index in [1.807, 2.05) is 41.2 Å². The molecule has 1 amide bonds. The summed E-state index contributed by atoms with van der Waals surface area (Å²) in [6.07, 6.45) is 7.53. The maximum atomic E-state index is 12.7. The Bertz CT molecular complexity index is 691. The zero-order valence-corrected chi connectivity index (χ0v) is 14.9. The minimum absolute atomic E-state index is 0.128. The highest BCUT2D eigenvalue weighted by Gasteiger charge is 2.24. The number of hydrogen-bond donors (Lipinski definition) is 1. The average Bonchev–Trinajstić information content (AvgIpc) is 3.00. The van der Waals surface area contributed by atoms with Crippen LogP contribution in [0.2, 0.25) is 0 Å². The fourth-order valence-electron chi connectivity index (χ4n) is 3.22. The fraction of sp³-hybridized carbons (Fsp3) is 0.500. The first-order valence-corrected chi connectivity index (χ1v) is 8.91. The van der Waals surface area contributed by atoms with Crippen molar-refractivity contribution in [1.82, 2.24) is 9.78 Å². The molecule has 1 aromatic heterocycles. The molecule has 4 heteroatoms. The van der Waals surface area contributed by atoms with Gasteiger partial charge in [0.2, 0.25) is 5.91 Å².